The molecule has 0 radical (unpaired) electrons. The molecule has 5 nitrogen and oxygen atoms in total. The van der Waals surface area contributed by atoms with Crippen molar-refractivity contribution in [2.75, 3.05) is 14.2 Å². The molecule has 1 aromatic carbocycles. The van der Waals surface area contributed by atoms with Crippen molar-refractivity contribution in [2.45, 2.75) is 12.9 Å². The minimum absolute atomic E-state index is 0.0445. The van der Waals surface area contributed by atoms with Gasteiger partial charge in [0.05, 0.1) is 12.7 Å². The van der Waals surface area contributed by atoms with Crippen LogP contribution in [0.4, 0.5) is 13.2 Å². The van der Waals surface area contributed by atoms with Crippen molar-refractivity contribution in [3.05, 3.63) is 53.7 Å². The van der Waals surface area contributed by atoms with Gasteiger partial charge in [-0.15, -0.1) is 13.2 Å². The highest BCUT2D eigenvalue weighted by atomic mass is 19.4. The number of benzene rings is 1. The van der Waals surface area contributed by atoms with Gasteiger partial charge in [0.1, 0.15) is 5.75 Å². The van der Waals surface area contributed by atoms with Crippen LogP contribution in [0.25, 0.3) is 0 Å². The molecular weight excluding hydrogens is 325 g/mol. The number of methoxy groups -OCH3 is 1. The van der Waals surface area contributed by atoms with Gasteiger partial charge < -0.3 is 14.4 Å². The fourth-order valence-electron chi connectivity index (χ4n) is 2.03. The molecule has 0 saturated heterocycles. The molecule has 8 heteroatoms. The minimum Gasteiger partial charge on any atom is -0.481 e. The van der Waals surface area contributed by atoms with E-state index >= 15 is 0 Å². The summed E-state index contributed by atoms with van der Waals surface area (Å²) in [5, 5.41) is 0. The molecule has 0 aliphatic rings. The second-order valence-electron chi connectivity index (χ2n) is 4.91. The van der Waals surface area contributed by atoms with Crippen molar-refractivity contribution in [1.82, 2.24) is 9.88 Å². The van der Waals surface area contributed by atoms with Gasteiger partial charge in [-0.2, -0.15) is 0 Å². The van der Waals surface area contributed by atoms with Crippen LogP contribution < -0.4 is 9.47 Å². The number of aromatic nitrogens is 1. The molecule has 1 heterocycles. The van der Waals surface area contributed by atoms with Crippen molar-refractivity contribution in [2.24, 2.45) is 0 Å². The van der Waals surface area contributed by atoms with Crippen LogP contribution in [0.15, 0.2) is 42.6 Å². The van der Waals surface area contributed by atoms with Crippen LogP contribution in [0.1, 0.15) is 15.9 Å². The third-order valence-electron chi connectivity index (χ3n) is 3.14. The van der Waals surface area contributed by atoms with E-state index in [1.165, 1.54) is 55.6 Å². The molecular formula is C16H15F3N2O3. The van der Waals surface area contributed by atoms with E-state index in [4.69, 9.17) is 4.74 Å². The Morgan fingerprint density at radius 2 is 1.92 bits per heavy atom. The molecule has 0 aliphatic carbocycles. The normalized spacial score (nSPS) is 11.0. The summed E-state index contributed by atoms with van der Waals surface area (Å²) in [7, 11) is 2.93. The topological polar surface area (TPSA) is 51.7 Å². The van der Waals surface area contributed by atoms with Crippen molar-refractivity contribution in [1.29, 1.82) is 0 Å². The van der Waals surface area contributed by atoms with E-state index in [0.29, 0.717) is 11.4 Å². The van der Waals surface area contributed by atoms with Gasteiger partial charge in [0.25, 0.3) is 5.91 Å². The number of hydrogen-bond donors (Lipinski definition) is 0. The van der Waals surface area contributed by atoms with E-state index in [1.807, 2.05) is 0 Å². The number of para-hydroxylation sites is 1. The quantitative estimate of drug-likeness (QED) is 0.838. The van der Waals surface area contributed by atoms with Gasteiger partial charge in [-0.25, -0.2) is 4.98 Å². The molecule has 0 unspecified atom stereocenters. The maximum absolute atomic E-state index is 12.4. The van der Waals surface area contributed by atoms with E-state index in [-0.39, 0.29) is 23.8 Å². The summed E-state index contributed by atoms with van der Waals surface area (Å²) in [5.74, 6) is -0.359. The van der Waals surface area contributed by atoms with Crippen LogP contribution in [0, 0.1) is 0 Å². The summed E-state index contributed by atoms with van der Waals surface area (Å²) in [6.07, 6.45) is -3.45. The lowest BCUT2D eigenvalue weighted by Gasteiger charge is -2.20. The van der Waals surface area contributed by atoms with E-state index in [9.17, 15) is 18.0 Å². The zero-order chi connectivity index (χ0) is 17.7. The standard InChI is InChI=1S/C16H15F3N2O3/c1-21(15(22)11-7-8-14(23-2)20-9-11)10-12-5-3-4-6-13(12)24-16(17,18)19/h3-9H,10H2,1-2H3. The highest BCUT2D eigenvalue weighted by Crippen LogP contribution is 2.27. The molecule has 0 fully saturated rings. The predicted molar refractivity (Wildman–Crippen MR) is 79.7 cm³/mol. The summed E-state index contributed by atoms with van der Waals surface area (Å²) in [4.78, 5) is 17.5. The zero-order valence-electron chi connectivity index (χ0n) is 13.0. The van der Waals surface area contributed by atoms with Gasteiger partial charge in [0, 0.05) is 31.4 Å². The maximum atomic E-state index is 12.4. The molecule has 24 heavy (non-hydrogen) atoms. The number of halogens is 3. The van der Waals surface area contributed by atoms with Gasteiger partial charge in [-0.3, -0.25) is 4.79 Å². The lowest BCUT2D eigenvalue weighted by molar-refractivity contribution is -0.274. The van der Waals surface area contributed by atoms with Crippen molar-refractivity contribution in [3.63, 3.8) is 0 Å². The molecule has 0 N–H and O–H groups in total. The summed E-state index contributed by atoms with van der Waals surface area (Å²) in [6.45, 7) is -0.0445. The summed E-state index contributed by atoms with van der Waals surface area (Å²) < 4.78 is 46.2. The van der Waals surface area contributed by atoms with Crippen LogP contribution in [-0.2, 0) is 6.54 Å². The number of amides is 1. The zero-order valence-corrected chi connectivity index (χ0v) is 13.0. The molecule has 0 saturated carbocycles. The lowest BCUT2D eigenvalue weighted by atomic mass is 10.1. The number of rotatable bonds is 5. The number of nitrogens with zero attached hydrogens (tertiary/aromatic N) is 2. The first kappa shape index (κ1) is 17.6. The number of carbonyl (C=O) groups excluding carboxylic acids is 1. The Morgan fingerprint density at radius 3 is 2.50 bits per heavy atom. The molecule has 1 aromatic heterocycles. The average molecular weight is 340 g/mol. The fraction of sp³-hybridized carbons (Fsp3) is 0.250. The van der Waals surface area contributed by atoms with E-state index < -0.39 is 6.36 Å². The SMILES string of the molecule is COc1ccc(C(=O)N(C)Cc2ccccc2OC(F)(F)F)cn1. The Labute approximate surface area is 136 Å². The molecule has 0 spiro atoms. The smallest absolute Gasteiger partial charge is 0.481 e. The van der Waals surface area contributed by atoms with Gasteiger partial charge in [-0.05, 0) is 12.1 Å². The van der Waals surface area contributed by atoms with Gasteiger partial charge >= 0.3 is 6.36 Å². The Kier molecular flexibility index (Phi) is 5.28. The third kappa shape index (κ3) is 4.61. The number of hydrogen-bond acceptors (Lipinski definition) is 4. The van der Waals surface area contributed by atoms with Crippen molar-refractivity contribution < 1.29 is 27.4 Å². The van der Waals surface area contributed by atoms with E-state index in [2.05, 4.69) is 9.72 Å². The van der Waals surface area contributed by atoms with Gasteiger partial charge in [0.15, 0.2) is 0 Å². The van der Waals surface area contributed by atoms with Crippen molar-refractivity contribution in [3.8, 4) is 11.6 Å². The molecule has 2 aromatic rings. The highest BCUT2D eigenvalue weighted by molar-refractivity contribution is 5.93. The first-order valence-corrected chi connectivity index (χ1v) is 6.89. The Bertz CT molecular complexity index is 702. The largest absolute Gasteiger partial charge is 0.573 e. The summed E-state index contributed by atoms with van der Waals surface area (Å²) >= 11 is 0. The van der Waals surface area contributed by atoms with Crippen LogP contribution in [0.3, 0.4) is 0 Å². The van der Waals surface area contributed by atoms with Gasteiger partial charge in [-0.1, -0.05) is 18.2 Å². The monoisotopic (exact) mass is 340 g/mol. The van der Waals surface area contributed by atoms with E-state index in [0.717, 1.165) is 0 Å². The van der Waals surface area contributed by atoms with Gasteiger partial charge in [0.2, 0.25) is 5.88 Å². The fourth-order valence-corrected chi connectivity index (χ4v) is 2.03. The average Bonchev–Trinajstić information content (AvgIpc) is 2.54. The number of pyridine rings is 1. The molecule has 0 atom stereocenters. The van der Waals surface area contributed by atoms with Crippen molar-refractivity contribution >= 4 is 5.91 Å². The van der Waals surface area contributed by atoms with Crippen LogP contribution in [0.5, 0.6) is 11.6 Å². The van der Waals surface area contributed by atoms with Crippen LogP contribution in [0.2, 0.25) is 0 Å². The lowest BCUT2D eigenvalue weighted by Crippen LogP contribution is -2.27. The third-order valence-corrected chi connectivity index (χ3v) is 3.14. The molecule has 0 aliphatic heterocycles. The molecule has 128 valence electrons. The molecule has 2 rings (SSSR count). The summed E-state index contributed by atoms with van der Waals surface area (Å²) in [6, 6.07) is 8.74. The van der Waals surface area contributed by atoms with E-state index in [1.54, 1.807) is 6.07 Å². The van der Waals surface area contributed by atoms with Crippen LogP contribution >= 0.6 is 0 Å². The Morgan fingerprint density at radius 1 is 1.21 bits per heavy atom. The highest BCUT2D eigenvalue weighted by Gasteiger charge is 2.32. The number of ether oxygens (including phenoxy) is 2. The Hall–Kier alpha value is -2.77. The first-order chi connectivity index (χ1) is 11.3. The Balaban J connectivity index is 2.14. The first-order valence-electron chi connectivity index (χ1n) is 6.89. The number of carbonyl (C=O) groups is 1. The minimum atomic E-state index is -4.79. The van der Waals surface area contributed by atoms with Crippen LogP contribution in [-0.4, -0.2) is 36.3 Å². The molecule has 0 bridgehead atoms. The maximum Gasteiger partial charge on any atom is 0.573 e. The molecule has 1 amide bonds. The second-order valence-corrected chi connectivity index (χ2v) is 4.91. The summed E-state index contributed by atoms with van der Waals surface area (Å²) in [5.41, 5.74) is 0.541. The number of alkyl halides is 3. The predicted octanol–water partition coefficient (Wildman–Crippen LogP) is 3.26. The second kappa shape index (κ2) is 7.20.